The third kappa shape index (κ3) is 2.38. The molecule has 0 aliphatic carbocycles. The molecule has 0 aromatic carbocycles. The number of H-pyrrole nitrogens is 1. The van der Waals surface area contributed by atoms with Crippen molar-refractivity contribution in [2.75, 3.05) is 19.7 Å². The molecule has 0 radical (unpaired) electrons. The number of aromatic amines is 1. The molecule has 2 rings (SSSR count). The zero-order chi connectivity index (χ0) is 11.4. The normalized spacial score (nSPS) is 20.7. The molecule has 1 aromatic rings. The first-order chi connectivity index (χ1) is 7.81. The number of carbonyl (C=O) groups is 1. The topological polar surface area (TPSA) is 79.9 Å². The summed E-state index contributed by atoms with van der Waals surface area (Å²) in [6.07, 6.45) is 2.20. The number of aromatic nitrogens is 3. The summed E-state index contributed by atoms with van der Waals surface area (Å²) in [4.78, 5) is 15.5. The Bertz CT molecular complexity index is 357. The first-order valence-corrected chi connectivity index (χ1v) is 5.61. The molecule has 1 saturated heterocycles. The molecule has 0 bridgehead atoms. The Morgan fingerprint density at radius 1 is 1.62 bits per heavy atom. The lowest BCUT2D eigenvalue weighted by atomic mass is 9.99. The van der Waals surface area contributed by atoms with Gasteiger partial charge in [-0.15, -0.1) is 5.10 Å². The Labute approximate surface area is 93.8 Å². The molecule has 0 amide bonds. The molecule has 1 aliphatic heterocycles. The highest BCUT2D eigenvalue weighted by Gasteiger charge is 2.21. The van der Waals surface area contributed by atoms with Crippen molar-refractivity contribution in [3.63, 3.8) is 0 Å². The highest BCUT2D eigenvalue weighted by atomic mass is 16.5. The second-order valence-corrected chi connectivity index (χ2v) is 3.81. The van der Waals surface area contributed by atoms with Crippen LogP contribution in [0.2, 0.25) is 0 Å². The van der Waals surface area contributed by atoms with Gasteiger partial charge in [0.25, 0.3) is 5.82 Å². The lowest BCUT2D eigenvalue weighted by Gasteiger charge is -2.19. The first-order valence-electron chi connectivity index (χ1n) is 5.61. The highest BCUT2D eigenvalue weighted by molar-refractivity contribution is 5.84. The van der Waals surface area contributed by atoms with Crippen molar-refractivity contribution in [1.82, 2.24) is 20.5 Å². The zero-order valence-corrected chi connectivity index (χ0v) is 9.32. The van der Waals surface area contributed by atoms with Gasteiger partial charge in [-0.25, -0.2) is 9.78 Å². The molecule has 0 spiro atoms. The smallest absolute Gasteiger partial charge is 0.378 e. The molecule has 0 unspecified atom stereocenters. The van der Waals surface area contributed by atoms with Gasteiger partial charge in [0.05, 0.1) is 6.61 Å². The van der Waals surface area contributed by atoms with Crippen molar-refractivity contribution < 1.29 is 9.53 Å². The van der Waals surface area contributed by atoms with Gasteiger partial charge in [0, 0.05) is 12.5 Å². The van der Waals surface area contributed by atoms with Crippen molar-refractivity contribution in [2.45, 2.75) is 25.7 Å². The average molecular weight is 224 g/mol. The molecule has 6 heteroatoms. The van der Waals surface area contributed by atoms with Gasteiger partial charge in [-0.2, -0.15) is 0 Å². The minimum atomic E-state index is -0.464. The van der Waals surface area contributed by atoms with E-state index in [0.29, 0.717) is 12.5 Å². The van der Waals surface area contributed by atoms with Gasteiger partial charge >= 0.3 is 5.97 Å². The van der Waals surface area contributed by atoms with Gasteiger partial charge in [0.15, 0.2) is 0 Å². The molecular weight excluding hydrogens is 208 g/mol. The summed E-state index contributed by atoms with van der Waals surface area (Å²) in [5.41, 5.74) is 0. The number of carbonyl (C=O) groups excluding carboxylic acids is 1. The van der Waals surface area contributed by atoms with E-state index in [2.05, 4.69) is 20.5 Å². The molecule has 2 N–H and O–H groups in total. The lowest BCUT2D eigenvalue weighted by Crippen LogP contribution is -2.29. The van der Waals surface area contributed by atoms with Crippen molar-refractivity contribution in [3.05, 3.63) is 11.6 Å². The zero-order valence-electron chi connectivity index (χ0n) is 9.32. The van der Waals surface area contributed by atoms with E-state index in [1.165, 1.54) is 0 Å². The van der Waals surface area contributed by atoms with Crippen LogP contribution in [0, 0.1) is 0 Å². The number of esters is 1. The fourth-order valence-electron chi connectivity index (χ4n) is 1.83. The number of ether oxygens (including phenoxy) is 1. The minimum Gasteiger partial charge on any atom is -0.460 e. The van der Waals surface area contributed by atoms with Crippen molar-refractivity contribution >= 4 is 5.97 Å². The fourth-order valence-corrected chi connectivity index (χ4v) is 1.83. The minimum absolute atomic E-state index is 0.127. The van der Waals surface area contributed by atoms with Crippen LogP contribution in [-0.2, 0) is 4.74 Å². The van der Waals surface area contributed by atoms with E-state index in [1.807, 2.05) is 0 Å². The van der Waals surface area contributed by atoms with Crippen LogP contribution in [0.1, 0.15) is 42.1 Å². The molecule has 6 nitrogen and oxygen atoms in total. The van der Waals surface area contributed by atoms with E-state index in [4.69, 9.17) is 4.74 Å². The largest absolute Gasteiger partial charge is 0.460 e. The number of piperidine rings is 1. The second kappa shape index (κ2) is 5.07. The van der Waals surface area contributed by atoms with Gasteiger partial charge in [-0.3, -0.25) is 5.10 Å². The Hall–Kier alpha value is -1.43. The molecule has 1 aromatic heterocycles. The number of hydrogen-bond acceptors (Lipinski definition) is 5. The van der Waals surface area contributed by atoms with Crippen LogP contribution in [0.15, 0.2) is 0 Å². The maximum Gasteiger partial charge on any atom is 0.378 e. The van der Waals surface area contributed by atoms with E-state index in [-0.39, 0.29) is 5.82 Å². The summed E-state index contributed by atoms with van der Waals surface area (Å²) < 4.78 is 4.83. The fraction of sp³-hybridized carbons (Fsp3) is 0.700. The van der Waals surface area contributed by atoms with Crippen LogP contribution < -0.4 is 5.32 Å². The standard InChI is InChI=1S/C10H16N4O2/c1-2-16-10(15)9-12-8(13-14-9)7-4-3-5-11-6-7/h7,11H,2-6H2,1H3,(H,12,13,14)/t7-/m0/s1. The Kier molecular flexibility index (Phi) is 3.51. The average Bonchev–Trinajstić information content (AvgIpc) is 2.80. The van der Waals surface area contributed by atoms with Crippen molar-refractivity contribution in [1.29, 1.82) is 0 Å². The molecule has 1 aliphatic rings. The van der Waals surface area contributed by atoms with E-state index in [0.717, 1.165) is 31.8 Å². The number of nitrogens with zero attached hydrogens (tertiary/aromatic N) is 2. The predicted octanol–water partition coefficient (Wildman–Crippen LogP) is 0.448. The number of rotatable bonds is 3. The third-order valence-electron chi connectivity index (χ3n) is 2.64. The van der Waals surface area contributed by atoms with E-state index in [9.17, 15) is 4.79 Å². The quantitative estimate of drug-likeness (QED) is 0.729. The van der Waals surface area contributed by atoms with Crippen LogP contribution in [0.25, 0.3) is 0 Å². The van der Waals surface area contributed by atoms with Crippen LogP contribution in [0.4, 0.5) is 0 Å². The summed E-state index contributed by atoms with van der Waals surface area (Å²) in [6.45, 7) is 4.04. The first kappa shape index (κ1) is 11.1. The number of nitrogens with one attached hydrogen (secondary N) is 2. The summed E-state index contributed by atoms with van der Waals surface area (Å²) in [5, 5.41) is 9.98. The summed E-state index contributed by atoms with van der Waals surface area (Å²) in [5.74, 6) is 0.760. The molecular formula is C10H16N4O2. The molecule has 0 saturated carbocycles. The molecule has 1 fully saturated rings. The van der Waals surface area contributed by atoms with E-state index < -0.39 is 5.97 Å². The second-order valence-electron chi connectivity index (χ2n) is 3.81. The Morgan fingerprint density at radius 3 is 3.19 bits per heavy atom. The SMILES string of the molecule is CCOC(=O)c1n[nH]c([C@H]2CCCNC2)n1. The highest BCUT2D eigenvalue weighted by Crippen LogP contribution is 2.19. The van der Waals surface area contributed by atoms with Gasteiger partial charge in [0.2, 0.25) is 0 Å². The lowest BCUT2D eigenvalue weighted by molar-refractivity contribution is 0.0512. The van der Waals surface area contributed by atoms with Crippen LogP contribution in [0.5, 0.6) is 0 Å². The van der Waals surface area contributed by atoms with Gasteiger partial charge in [0.1, 0.15) is 5.82 Å². The van der Waals surface area contributed by atoms with E-state index in [1.54, 1.807) is 6.92 Å². The number of hydrogen-bond donors (Lipinski definition) is 2. The molecule has 2 heterocycles. The monoisotopic (exact) mass is 224 g/mol. The molecule has 16 heavy (non-hydrogen) atoms. The maximum absolute atomic E-state index is 11.4. The Morgan fingerprint density at radius 2 is 2.50 bits per heavy atom. The van der Waals surface area contributed by atoms with Crippen LogP contribution in [-0.4, -0.2) is 40.8 Å². The third-order valence-corrected chi connectivity index (χ3v) is 2.64. The molecule has 1 atom stereocenters. The Balaban J connectivity index is 2.03. The summed E-state index contributed by atoms with van der Waals surface area (Å²) in [6, 6.07) is 0. The van der Waals surface area contributed by atoms with Crippen LogP contribution >= 0.6 is 0 Å². The van der Waals surface area contributed by atoms with Gasteiger partial charge in [-0.1, -0.05) is 0 Å². The molecule has 88 valence electrons. The van der Waals surface area contributed by atoms with Crippen molar-refractivity contribution in [2.24, 2.45) is 0 Å². The van der Waals surface area contributed by atoms with E-state index >= 15 is 0 Å². The summed E-state index contributed by atoms with van der Waals surface area (Å²) >= 11 is 0. The van der Waals surface area contributed by atoms with Gasteiger partial charge < -0.3 is 10.1 Å². The maximum atomic E-state index is 11.4. The summed E-state index contributed by atoms with van der Waals surface area (Å²) in [7, 11) is 0. The van der Waals surface area contributed by atoms with Gasteiger partial charge in [-0.05, 0) is 26.3 Å². The predicted molar refractivity (Wildman–Crippen MR) is 57.2 cm³/mol. The van der Waals surface area contributed by atoms with Crippen molar-refractivity contribution in [3.8, 4) is 0 Å². The van der Waals surface area contributed by atoms with Crippen LogP contribution in [0.3, 0.4) is 0 Å².